The van der Waals surface area contributed by atoms with Crippen molar-refractivity contribution < 1.29 is 9.59 Å². The number of rotatable bonds is 4. The third-order valence-electron chi connectivity index (χ3n) is 2.22. The Morgan fingerprint density at radius 1 is 1.22 bits per heavy atom. The lowest BCUT2D eigenvalue weighted by Crippen LogP contribution is -2.20. The number of thioether (sulfide) groups is 1. The number of anilines is 1. The van der Waals surface area contributed by atoms with Crippen molar-refractivity contribution in [3.63, 3.8) is 0 Å². The summed E-state index contributed by atoms with van der Waals surface area (Å²) in [5.41, 5.74) is 1.14. The van der Waals surface area contributed by atoms with Crippen molar-refractivity contribution in [1.29, 1.82) is 0 Å². The Kier molecular flexibility index (Phi) is 4.96. The first kappa shape index (κ1) is 14.8. The molecule has 1 amide bonds. The summed E-state index contributed by atoms with van der Waals surface area (Å²) < 4.78 is 0.0530. The Balaban J connectivity index is 2.68. The minimum absolute atomic E-state index is 0.0469. The van der Waals surface area contributed by atoms with E-state index in [-0.39, 0.29) is 16.4 Å². The number of carbonyl (C=O) groups excluding carboxylic acids is 2. The molecule has 0 spiro atoms. The first-order chi connectivity index (χ1) is 8.29. The molecule has 1 rings (SSSR count). The van der Waals surface area contributed by atoms with Crippen LogP contribution in [0.15, 0.2) is 24.3 Å². The van der Waals surface area contributed by atoms with E-state index >= 15 is 0 Å². The molecule has 98 valence electrons. The number of hydrogen-bond acceptors (Lipinski definition) is 3. The maximum Gasteiger partial charge on any atom is 0.234 e. The molecule has 0 heterocycles. The number of ketones is 1. The molecular formula is C14H19NO2S. The summed E-state index contributed by atoms with van der Waals surface area (Å²) in [6.45, 7) is 7.69. The smallest absolute Gasteiger partial charge is 0.234 e. The van der Waals surface area contributed by atoms with Gasteiger partial charge in [0.1, 0.15) is 0 Å². The van der Waals surface area contributed by atoms with Crippen molar-refractivity contribution in [1.82, 2.24) is 0 Å². The fourth-order valence-electron chi connectivity index (χ4n) is 1.37. The van der Waals surface area contributed by atoms with E-state index in [2.05, 4.69) is 26.1 Å². The van der Waals surface area contributed by atoms with Crippen LogP contribution in [0.5, 0.6) is 0 Å². The van der Waals surface area contributed by atoms with Crippen LogP contribution in [0.3, 0.4) is 0 Å². The zero-order valence-electron chi connectivity index (χ0n) is 11.2. The van der Waals surface area contributed by atoms with Crippen LogP contribution in [-0.2, 0) is 4.79 Å². The molecule has 0 aromatic heterocycles. The molecule has 0 fully saturated rings. The maximum absolute atomic E-state index is 11.8. The van der Waals surface area contributed by atoms with E-state index < -0.39 is 0 Å². The number of benzene rings is 1. The van der Waals surface area contributed by atoms with Crippen molar-refractivity contribution in [2.45, 2.75) is 32.4 Å². The van der Waals surface area contributed by atoms with Crippen LogP contribution in [0.2, 0.25) is 0 Å². The van der Waals surface area contributed by atoms with Crippen LogP contribution in [0, 0.1) is 0 Å². The summed E-state index contributed by atoms with van der Waals surface area (Å²) >= 11 is 1.58. The number of hydrogen-bond donors (Lipinski definition) is 1. The van der Waals surface area contributed by atoms with E-state index in [0.717, 1.165) is 0 Å². The summed E-state index contributed by atoms with van der Waals surface area (Å²) in [6.07, 6.45) is 0. The number of Topliss-reactive ketones (excluding diaryl/α,β-unsaturated/α-hetero) is 1. The molecule has 0 aliphatic heterocycles. The molecule has 0 aliphatic carbocycles. The second kappa shape index (κ2) is 6.05. The van der Waals surface area contributed by atoms with Crippen molar-refractivity contribution in [2.24, 2.45) is 0 Å². The zero-order valence-corrected chi connectivity index (χ0v) is 12.1. The fraction of sp³-hybridized carbons (Fsp3) is 0.429. The standard InChI is InChI=1S/C14H19NO2S/c1-10(16)11-7-5-6-8-12(11)15-13(17)9-18-14(2,3)4/h5-8H,9H2,1-4H3,(H,15,17). The molecule has 3 nitrogen and oxygen atoms in total. The largest absolute Gasteiger partial charge is 0.325 e. The molecule has 1 N–H and O–H groups in total. The summed E-state index contributed by atoms with van der Waals surface area (Å²) in [4.78, 5) is 23.2. The number of carbonyl (C=O) groups is 2. The molecule has 0 saturated carbocycles. The van der Waals surface area contributed by atoms with E-state index in [1.54, 1.807) is 36.0 Å². The van der Waals surface area contributed by atoms with Crippen LogP contribution in [0.25, 0.3) is 0 Å². The van der Waals surface area contributed by atoms with Gasteiger partial charge >= 0.3 is 0 Å². The first-order valence-corrected chi connectivity index (χ1v) is 6.82. The highest BCUT2D eigenvalue weighted by molar-refractivity contribution is 8.01. The zero-order chi connectivity index (χ0) is 13.8. The van der Waals surface area contributed by atoms with Gasteiger partial charge in [-0.25, -0.2) is 0 Å². The SMILES string of the molecule is CC(=O)c1ccccc1NC(=O)CSC(C)(C)C. The highest BCUT2D eigenvalue weighted by Gasteiger charge is 2.14. The topological polar surface area (TPSA) is 46.2 Å². The van der Waals surface area contributed by atoms with Crippen LogP contribution in [0.1, 0.15) is 38.1 Å². The van der Waals surface area contributed by atoms with Crippen LogP contribution in [-0.4, -0.2) is 22.2 Å². The molecule has 0 radical (unpaired) electrons. The number of nitrogens with one attached hydrogen (secondary N) is 1. The summed E-state index contributed by atoms with van der Waals surface area (Å²) in [7, 11) is 0. The van der Waals surface area contributed by atoms with E-state index in [0.29, 0.717) is 17.0 Å². The molecule has 0 atom stereocenters. The van der Waals surface area contributed by atoms with E-state index in [1.165, 1.54) is 6.92 Å². The minimum atomic E-state index is -0.0800. The lowest BCUT2D eigenvalue weighted by molar-refractivity contribution is -0.113. The van der Waals surface area contributed by atoms with Gasteiger partial charge in [-0.1, -0.05) is 32.9 Å². The summed E-state index contributed by atoms with van der Waals surface area (Å²) in [6, 6.07) is 7.06. The summed E-state index contributed by atoms with van der Waals surface area (Å²) in [5, 5.41) is 2.78. The lowest BCUT2D eigenvalue weighted by Gasteiger charge is -2.17. The Labute approximate surface area is 112 Å². The van der Waals surface area contributed by atoms with Crippen LogP contribution < -0.4 is 5.32 Å². The maximum atomic E-state index is 11.8. The summed E-state index contributed by atoms with van der Waals surface area (Å²) in [5.74, 6) is 0.258. The molecule has 18 heavy (non-hydrogen) atoms. The van der Waals surface area contributed by atoms with Gasteiger partial charge in [-0.3, -0.25) is 9.59 Å². The van der Waals surface area contributed by atoms with Gasteiger partial charge in [-0.05, 0) is 19.1 Å². The molecule has 0 aliphatic rings. The molecule has 1 aromatic rings. The predicted octanol–water partition coefficient (Wildman–Crippen LogP) is 3.36. The Bertz CT molecular complexity index is 449. The predicted molar refractivity (Wildman–Crippen MR) is 77.3 cm³/mol. The molecule has 1 aromatic carbocycles. The van der Waals surface area contributed by atoms with E-state index in [9.17, 15) is 9.59 Å². The van der Waals surface area contributed by atoms with Crippen molar-refractivity contribution in [2.75, 3.05) is 11.1 Å². The van der Waals surface area contributed by atoms with Crippen LogP contribution >= 0.6 is 11.8 Å². The van der Waals surface area contributed by atoms with E-state index in [1.807, 2.05) is 0 Å². The average molecular weight is 265 g/mol. The normalized spacial score (nSPS) is 11.1. The Morgan fingerprint density at radius 3 is 2.39 bits per heavy atom. The monoisotopic (exact) mass is 265 g/mol. The van der Waals surface area contributed by atoms with Crippen molar-refractivity contribution in [3.8, 4) is 0 Å². The van der Waals surface area contributed by atoms with Gasteiger partial charge in [0.25, 0.3) is 0 Å². The van der Waals surface area contributed by atoms with Crippen molar-refractivity contribution >= 4 is 29.1 Å². The van der Waals surface area contributed by atoms with Gasteiger partial charge < -0.3 is 5.32 Å². The molecule has 0 bridgehead atoms. The van der Waals surface area contributed by atoms with Gasteiger partial charge in [0.05, 0.1) is 11.4 Å². The first-order valence-electron chi connectivity index (χ1n) is 5.83. The van der Waals surface area contributed by atoms with Gasteiger partial charge in [-0.15, -0.1) is 11.8 Å². The molecule has 4 heteroatoms. The van der Waals surface area contributed by atoms with Gasteiger partial charge in [-0.2, -0.15) is 0 Å². The average Bonchev–Trinajstić information content (AvgIpc) is 2.26. The third-order valence-corrected chi connectivity index (χ3v) is 3.49. The highest BCUT2D eigenvalue weighted by atomic mass is 32.2. The van der Waals surface area contributed by atoms with Crippen molar-refractivity contribution in [3.05, 3.63) is 29.8 Å². The van der Waals surface area contributed by atoms with Gasteiger partial charge in [0.2, 0.25) is 5.91 Å². The van der Waals surface area contributed by atoms with Gasteiger partial charge in [0.15, 0.2) is 5.78 Å². The fourth-order valence-corrected chi connectivity index (χ4v) is 2.00. The molecular weight excluding hydrogens is 246 g/mol. The third kappa shape index (κ3) is 4.92. The highest BCUT2D eigenvalue weighted by Crippen LogP contribution is 2.23. The Hall–Kier alpha value is -1.29. The second-order valence-electron chi connectivity index (χ2n) is 5.05. The van der Waals surface area contributed by atoms with E-state index in [4.69, 9.17) is 0 Å². The second-order valence-corrected chi connectivity index (χ2v) is 6.85. The van der Waals surface area contributed by atoms with Gasteiger partial charge in [0, 0.05) is 10.3 Å². The molecule has 0 saturated heterocycles. The number of amides is 1. The number of para-hydroxylation sites is 1. The minimum Gasteiger partial charge on any atom is -0.325 e. The lowest BCUT2D eigenvalue weighted by atomic mass is 10.1. The Morgan fingerprint density at radius 2 is 1.83 bits per heavy atom. The molecule has 0 unspecified atom stereocenters. The van der Waals surface area contributed by atoms with Crippen LogP contribution in [0.4, 0.5) is 5.69 Å². The quantitative estimate of drug-likeness (QED) is 0.849.